The topological polar surface area (TPSA) is 58.6 Å². The van der Waals surface area contributed by atoms with Crippen molar-refractivity contribution in [1.82, 2.24) is 5.32 Å². The van der Waals surface area contributed by atoms with Crippen LogP contribution in [0.5, 0.6) is 5.75 Å². The van der Waals surface area contributed by atoms with Crippen molar-refractivity contribution >= 4 is 28.8 Å². The van der Waals surface area contributed by atoms with Crippen molar-refractivity contribution in [1.29, 1.82) is 0 Å². The molecule has 3 rings (SSSR count). The van der Waals surface area contributed by atoms with Gasteiger partial charge in [0.15, 0.2) is 0 Å². The summed E-state index contributed by atoms with van der Waals surface area (Å²) in [6, 6.07) is 8.75. The molecule has 2 heterocycles. The standard InChI is InChI=1S/C18H20N2O3S/c1-12(19-17(21)16-6-4-10-24-16)18(22)20-9-3-5-13-11-14(23-2)7-8-15(13)20/h4,6-8,10-12H,3,5,9H2,1-2H3,(H,19,21). The minimum Gasteiger partial charge on any atom is -0.497 e. The van der Waals surface area contributed by atoms with Crippen molar-refractivity contribution in [3.8, 4) is 5.75 Å². The van der Waals surface area contributed by atoms with Crippen molar-refractivity contribution in [2.24, 2.45) is 0 Å². The normalized spacial score (nSPS) is 14.7. The molecule has 2 amide bonds. The molecular weight excluding hydrogens is 324 g/mol. The van der Waals surface area contributed by atoms with E-state index in [1.54, 1.807) is 25.0 Å². The number of benzene rings is 1. The number of hydrogen-bond acceptors (Lipinski definition) is 4. The van der Waals surface area contributed by atoms with Gasteiger partial charge in [-0.15, -0.1) is 11.3 Å². The van der Waals surface area contributed by atoms with Gasteiger partial charge in [0.2, 0.25) is 5.91 Å². The lowest BCUT2D eigenvalue weighted by molar-refractivity contribution is -0.120. The number of amides is 2. The van der Waals surface area contributed by atoms with Crippen LogP contribution in [-0.2, 0) is 11.2 Å². The average molecular weight is 344 g/mol. The number of rotatable bonds is 4. The maximum Gasteiger partial charge on any atom is 0.261 e. The molecule has 1 unspecified atom stereocenters. The SMILES string of the molecule is COc1ccc2c(c1)CCCN2C(=O)C(C)NC(=O)c1cccs1. The molecule has 0 saturated carbocycles. The van der Waals surface area contributed by atoms with E-state index in [0.29, 0.717) is 11.4 Å². The number of carbonyl (C=O) groups excluding carboxylic acids is 2. The zero-order valence-corrected chi connectivity index (χ0v) is 14.6. The lowest BCUT2D eigenvalue weighted by Gasteiger charge is -2.31. The molecular formula is C18H20N2O3S. The zero-order valence-electron chi connectivity index (χ0n) is 13.7. The number of thiophene rings is 1. The van der Waals surface area contributed by atoms with Gasteiger partial charge in [-0.2, -0.15) is 0 Å². The molecule has 126 valence electrons. The summed E-state index contributed by atoms with van der Waals surface area (Å²) in [7, 11) is 1.63. The fourth-order valence-electron chi connectivity index (χ4n) is 2.90. The van der Waals surface area contributed by atoms with E-state index in [1.807, 2.05) is 29.6 Å². The highest BCUT2D eigenvalue weighted by Crippen LogP contribution is 2.30. The van der Waals surface area contributed by atoms with Crippen LogP contribution in [0.1, 0.15) is 28.6 Å². The molecule has 6 heteroatoms. The lowest BCUT2D eigenvalue weighted by Crippen LogP contribution is -2.48. The number of ether oxygens (including phenoxy) is 1. The summed E-state index contributed by atoms with van der Waals surface area (Å²) in [6.07, 6.45) is 1.82. The predicted octanol–water partition coefficient (Wildman–Crippen LogP) is 2.85. The van der Waals surface area contributed by atoms with Crippen LogP contribution in [0.2, 0.25) is 0 Å². The third-order valence-corrected chi connectivity index (χ3v) is 5.00. The third-order valence-electron chi connectivity index (χ3n) is 4.13. The first-order chi connectivity index (χ1) is 11.6. The molecule has 0 aliphatic carbocycles. The van der Waals surface area contributed by atoms with Gasteiger partial charge in [0.25, 0.3) is 5.91 Å². The second kappa shape index (κ2) is 7.05. The van der Waals surface area contributed by atoms with Crippen LogP contribution in [0.25, 0.3) is 0 Å². The van der Waals surface area contributed by atoms with Crippen LogP contribution in [0.15, 0.2) is 35.7 Å². The second-order valence-electron chi connectivity index (χ2n) is 5.76. The number of hydrogen-bond donors (Lipinski definition) is 1. The number of fused-ring (bicyclic) bond motifs is 1. The Morgan fingerprint density at radius 3 is 2.88 bits per heavy atom. The van der Waals surface area contributed by atoms with Crippen LogP contribution in [-0.4, -0.2) is 31.5 Å². The Kier molecular flexibility index (Phi) is 4.85. The van der Waals surface area contributed by atoms with E-state index in [2.05, 4.69) is 5.32 Å². The van der Waals surface area contributed by atoms with Gasteiger partial charge >= 0.3 is 0 Å². The van der Waals surface area contributed by atoms with Gasteiger partial charge < -0.3 is 15.0 Å². The summed E-state index contributed by atoms with van der Waals surface area (Å²) < 4.78 is 5.26. The van der Waals surface area contributed by atoms with Crippen LogP contribution in [0.4, 0.5) is 5.69 Å². The van der Waals surface area contributed by atoms with E-state index in [1.165, 1.54) is 11.3 Å². The molecule has 0 bridgehead atoms. The monoisotopic (exact) mass is 344 g/mol. The van der Waals surface area contributed by atoms with E-state index < -0.39 is 6.04 Å². The molecule has 1 aromatic heterocycles. The zero-order chi connectivity index (χ0) is 17.1. The molecule has 0 spiro atoms. The summed E-state index contributed by atoms with van der Waals surface area (Å²) in [5.41, 5.74) is 2.01. The molecule has 5 nitrogen and oxygen atoms in total. The molecule has 0 radical (unpaired) electrons. The quantitative estimate of drug-likeness (QED) is 0.928. The average Bonchev–Trinajstić information content (AvgIpc) is 3.14. The fraction of sp³-hybridized carbons (Fsp3) is 0.333. The van der Waals surface area contributed by atoms with Crippen molar-refractivity contribution in [2.75, 3.05) is 18.6 Å². The Labute approximate surface area is 145 Å². The molecule has 0 saturated heterocycles. The Balaban J connectivity index is 1.75. The predicted molar refractivity (Wildman–Crippen MR) is 94.9 cm³/mol. The maximum atomic E-state index is 12.8. The Hall–Kier alpha value is -2.34. The molecule has 1 atom stereocenters. The van der Waals surface area contributed by atoms with Crippen molar-refractivity contribution in [3.63, 3.8) is 0 Å². The molecule has 1 aromatic carbocycles. The van der Waals surface area contributed by atoms with Crippen molar-refractivity contribution < 1.29 is 14.3 Å². The van der Waals surface area contributed by atoms with Crippen molar-refractivity contribution in [3.05, 3.63) is 46.2 Å². The van der Waals surface area contributed by atoms with E-state index >= 15 is 0 Å². The number of nitrogens with one attached hydrogen (secondary N) is 1. The largest absolute Gasteiger partial charge is 0.497 e. The smallest absolute Gasteiger partial charge is 0.261 e. The Morgan fingerprint density at radius 1 is 1.33 bits per heavy atom. The number of aryl methyl sites for hydroxylation is 1. The van der Waals surface area contributed by atoms with E-state index in [4.69, 9.17) is 4.74 Å². The highest BCUT2D eigenvalue weighted by Gasteiger charge is 2.27. The minimum absolute atomic E-state index is 0.0916. The van der Waals surface area contributed by atoms with Crippen LogP contribution in [0.3, 0.4) is 0 Å². The molecule has 2 aromatic rings. The molecule has 0 fully saturated rings. The van der Waals surface area contributed by atoms with Gasteiger partial charge in [-0.3, -0.25) is 9.59 Å². The van der Waals surface area contributed by atoms with Crippen LogP contribution < -0.4 is 15.0 Å². The first-order valence-electron chi connectivity index (χ1n) is 7.93. The summed E-state index contributed by atoms with van der Waals surface area (Å²) >= 11 is 1.36. The molecule has 24 heavy (non-hydrogen) atoms. The van der Waals surface area contributed by atoms with Gasteiger partial charge in [0, 0.05) is 12.2 Å². The van der Waals surface area contributed by atoms with Gasteiger partial charge in [-0.25, -0.2) is 0 Å². The highest BCUT2D eigenvalue weighted by atomic mass is 32.1. The number of anilines is 1. The molecule has 1 N–H and O–H groups in total. The summed E-state index contributed by atoms with van der Waals surface area (Å²) in [4.78, 5) is 27.3. The van der Waals surface area contributed by atoms with E-state index in [9.17, 15) is 9.59 Å². The lowest BCUT2D eigenvalue weighted by atomic mass is 10.0. The van der Waals surface area contributed by atoms with Crippen LogP contribution in [0, 0.1) is 0 Å². The van der Waals surface area contributed by atoms with Gasteiger partial charge in [-0.05, 0) is 55.0 Å². The number of nitrogens with zero attached hydrogens (tertiary/aromatic N) is 1. The Bertz CT molecular complexity index is 743. The maximum absolute atomic E-state index is 12.8. The van der Waals surface area contributed by atoms with E-state index in [0.717, 1.165) is 29.8 Å². The first-order valence-corrected chi connectivity index (χ1v) is 8.81. The molecule has 1 aliphatic heterocycles. The fourth-order valence-corrected chi connectivity index (χ4v) is 3.53. The minimum atomic E-state index is -0.576. The summed E-state index contributed by atoms with van der Waals surface area (Å²) in [5, 5.41) is 4.63. The van der Waals surface area contributed by atoms with E-state index in [-0.39, 0.29) is 11.8 Å². The summed E-state index contributed by atoms with van der Waals surface area (Å²) in [5.74, 6) is 0.492. The van der Waals surface area contributed by atoms with Gasteiger partial charge in [-0.1, -0.05) is 6.07 Å². The third kappa shape index (κ3) is 3.28. The van der Waals surface area contributed by atoms with Gasteiger partial charge in [0.05, 0.1) is 12.0 Å². The molecule has 1 aliphatic rings. The highest BCUT2D eigenvalue weighted by molar-refractivity contribution is 7.12. The second-order valence-corrected chi connectivity index (χ2v) is 6.71. The number of methoxy groups -OCH3 is 1. The van der Waals surface area contributed by atoms with Crippen LogP contribution >= 0.6 is 11.3 Å². The van der Waals surface area contributed by atoms with Gasteiger partial charge in [0.1, 0.15) is 11.8 Å². The first kappa shape index (κ1) is 16.5. The number of carbonyl (C=O) groups is 2. The Morgan fingerprint density at radius 2 is 2.17 bits per heavy atom. The summed E-state index contributed by atoms with van der Waals surface area (Å²) in [6.45, 7) is 2.39. The van der Waals surface area contributed by atoms with Crippen molar-refractivity contribution in [2.45, 2.75) is 25.8 Å².